The van der Waals surface area contributed by atoms with Gasteiger partial charge >= 0.3 is 18.4 Å². The average molecular weight is 652 g/mol. The molecule has 0 atom stereocenters. The van der Waals surface area contributed by atoms with Crippen molar-refractivity contribution in [3.8, 4) is 11.4 Å². The first-order valence-corrected chi connectivity index (χ1v) is 16.1. The molecule has 0 unspecified atom stereocenters. The molecule has 10 nitrogen and oxygen atoms in total. The quantitative estimate of drug-likeness (QED) is 0.146. The molecule has 1 aliphatic rings. The van der Waals surface area contributed by atoms with Crippen molar-refractivity contribution in [3.05, 3.63) is 35.2 Å². The minimum atomic E-state index is -4.52. The summed E-state index contributed by atoms with van der Waals surface area (Å²) in [5, 5.41) is 6.43. The predicted molar refractivity (Wildman–Crippen MR) is 168 cm³/mol. The molecule has 0 radical (unpaired) electrons. The van der Waals surface area contributed by atoms with Gasteiger partial charge in [-0.2, -0.15) is 18.2 Å². The number of hydrogen-bond donors (Lipinski definition) is 1. The number of unbranched alkanes of at least 4 members (excludes halogenated alkanes) is 7. The molecule has 0 bridgehead atoms. The topological polar surface area (TPSA) is 119 Å². The van der Waals surface area contributed by atoms with Gasteiger partial charge in [-0.05, 0) is 66.0 Å². The molecular weight excluding hydrogens is 603 g/mol. The van der Waals surface area contributed by atoms with Gasteiger partial charge in [0.05, 0.1) is 11.5 Å². The third kappa shape index (κ3) is 11.9. The van der Waals surface area contributed by atoms with Gasteiger partial charge in [0.2, 0.25) is 17.7 Å². The Balaban J connectivity index is 1.66. The average Bonchev–Trinajstić information content (AvgIpc) is 3.36. The third-order valence-electron chi connectivity index (χ3n) is 7.15. The van der Waals surface area contributed by atoms with E-state index >= 15 is 0 Å². The standard InChI is InChI=1S/C33H48F3N5O5/c1-8-9-10-11-12-13-14-15-16-22-17-18-23(19-25(22)33(34,35)36)26-37-27(46-40-26)24-20-41(21-24)28(38-29(42)44-31(2,3)4)39-30(43)45-32(5,6)7/h17-19,24H,8-16,20-21H2,1-7H3,(H,38,39,42,43). The summed E-state index contributed by atoms with van der Waals surface area (Å²) >= 11 is 0. The van der Waals surface area contributed by atoms with E-state index in [9.17, 15) is 22.8 Å². The number of nitrogens with zero attached hydrogens (tertiary/aromatic N) is 4. The third-order valence-corrected chi connectivity index (χ3v) is 7.15. The number of nitrogens with one attached hydrogen (secondary N) is 1. The Kier molecular flexibility index (Phi) is 12.6. The molecular formula is C33H48F3N5O5. The summed E-state index contributed by atoms with van der Waals surface area (Å²) in [7, 11) is 0. The molecule has 2 aromatic rings. The van der Waals surface area contributed by atoms with Gasteiger partial charge in [0.25, 0.3) is 0 Å². The van der Waals surface area contributed by atoms with Crippen molar-refractivity contribution in [2.24, 2.45) is 4.99 Å². The van der Waals surface area contributed by atoms with Crippen molar-refractivity contribution >= 4 is 18.1 Å². The van der Waals surface area contributed by atoms with Gasteiger partial charge in [0, 0.05) is 18.7 Å². The lowest BCUT2D eigenvalue weighted by Crippen LogP contribution is -2.55. The summed E-state index contributed by atoms with van der Waals surface area (Å²) in [6.07, 6.45) is 2.66. The fourth-order valence-electron chi connectivity index (χ4n) is 4.92. The minimum absolute atomic E-state index is 0.0482. The number of amides is 2. The molecule has 1 N–H and O–H groups in total. The normalized spacial score (nSPS) is 14.7. The van der Waals surface area contributed by atoms with E-state index < -0.39 is 35.1 Å². The van der Waals surface area contributed by atoms with E-state index in [-0.39, 0.29) is 47.8 Å². The van der Waals surface area contributed by atoms with Crippen LogP contribution in [-0.4, -0.2) is 57.5 Å². The van der Waals surface area contributed by atoms with Gasteiger partial charge in [0.15, 0.2) is 0 Å². The molecule has 0 spiro atoms. The lowest BCUT2D eigenvalue weighted by molar-refractivity contribution is -0.138. The lowest BCUT2D eigenvalue weighted by Gasteiger charge is -2.39. The molecule has 1 aromatic heterocycles. The van der Waals surface area contributed by atoms with E-state index in [2.05, 4.69) is 27.4 Å². The number of carbonyl (C=O) groups excluding carboxylic acids is 2. The summed E-state index contributed by atoms with van der Waals surface area (Å²) in [6.45, 7) is 12.8. The van der Waals surface area contributed by atoms with E-state index in [0.29, 0.717) is 12.8 Å². The van der Waals surface area contributed by atoms with E-state index in [0.717, 1.165) is 25.3 Å². The summed E-state index contributed by atoms with van der Waals surface area (Å²) in [6, 6.07) is 4.17. The van der Waals surface area contributed by atoms with Crippen LogP contribution in [0.15, 0.2) is 27.7 Å². The first kappa shape index (κ1) is 36.8. The van der Waals surface area contributed by atoms with Crippen molar-refractivity contribution in [1.82, 2.24) is 20.4 Å². The molecule has 1 aromatic carbocycles. The molecule has 1 saturated heterocycles. The summed E-state index contributed by atoms with van der Waals surface area (Å²) < 4.78 is 58.0. The Hall–Kier alpha value is -3.64. The fraction of sp³-hybridized carbons (Fsp3) is 0.667. The van der Waals surface area contributed by atoms with Crippen molar-refractivity contribution in [2.45, 2.75) is 130 Å². The summed E-state index contributed by atoms with van der Waals surface area (Å²) in [5.74, 6) is -0.112. The van der Waals surface area contributed by atoms with Gasteiger partial charge in [-0.1, -0.05) is 69.2 Å². The Labute approximate surface area is 269 Å². The minimum Gasteiger partial charge on any atom is -0.444 e. The number of alkyl carbamates (subject to hydrolysis) is 1. The highest BCUT2D eigenvalue weighted by Crippen LogP contribution is 2.36. The molecule has 0 saturated carbocycles. The van der Waals surface area contributed by atoms with Crippen LogP contribution >= 0.6 is 0 Å². The van der Waals surface area contributed by atoms with Crippen LogP contribution in [-0.2, 0) is 22.1 Å². The molecule has 2 heterocycles. The zero-order valence-electron chi connectivity index (χ0n) is 28.1. The lowest BCUT2D eigenvalue weighted by atomic mass is 9.97. The highest BCUT2D eigenvalue weighted by atomic mass is 19.4. The number of guanidine groups is 1. The molecule has 256 valence electrons. The van der Waals surface area contributed by atoms with Gasteiger partial charge in [-0.15, -0.1) is 4.99 Å². The SMILES string of the molecule is CCCCCCCCCCc1ccc(-c2noc(C3CN(C(=NC(=O)OC(C)(C)C)NC(=O)OC(C)(C)C)C3)n2)cc1C(F)(F)F. The summed E-state index contributed by atoms with van der Waals surface area (Å²) in [4.78, 5) is 34.7. The number of rotatable bonds is 11. The van der Waals surface area contributed by atoms with Crippen LogP contribution in [0.3, 0.4) is 0 Å². The summed E-state index contributed by atoms with van der Waals surface area (Å²) in [5.41, 5.74) is -1.80. The van der Waals surface area contributed by atoms with E-state index in [1.807, 2.05) is 0 Å². The first-order valence-electron chi connectivity index (χ1n) is 16.1. The first-order chi connectivity index (χ1) is 21.4. The number of aromatic nitrogens is 2. The number of aryl methyl sites for hydroxylation is 1. The molecule has 1 aliphatic heterocycles. The van der Waals surface area contributed by atoms with Gasteiger partial charge in [-0.25, -0.2) is 9.59 Å². The molecule has 13 heteroatoms. The number of alkyl halides is 3. The maximum absolute atomic E-state index is 14.0. The van der Waals surface area contributed by atoms with Crippen molar-refractivity contribution in [2.75, 3.05) is 13.1 Å². The second-order valence-electron chi connectivity index (χ2n) is 13.7. The molecule has 3 rings (SSSR count). The van der Waals surface area contributed by atoms with Crippen LogP contribution in [0.25, 0.3) is 11.4 Å². The van der Waals surface area contributed by atoms with Crippen LogP contribution in [0.5, 0.6) is 0 Å². The Morgan fingerprint density at radius 3 is 2.15 bits per heavy atom. The largest absolute Gasteiger partial charge is 0.444 e. The van der Waals surface area contributed by atoms with Gasteiger partial charge in [-0.3, -0.25) is 5.32 Å². The Morgan fingerprint density at radius 2 is 1.57 bits per heavy atom. The van der Waals surface area contributed by atoms with E-state index in [4.69, 9.17) is 14.0 Å². The van der Waals surface area contributed by atoms with Crippen LogP contribution < -0.4 is 5.32 Å². The number of benzene rings is 1. The highest BCUT2D eigenvalue weighted by molar-refractivity contribution is 5.99. The number of ether oxygens (including phenoxy) is 2. The van der Waals surface area contributed by atoms with Crippen molar-refractivity contribution < 1.29 is 36.8 Å². The van der Waals surface area contributed by atoms with Crippen LogP contribution in [0, 0.1) is 0 Å². The fourth-order valence-corrected chi connectivity index (χ4v) is 4.92. The molecule has 0 aliphatic carbocycles. The Bertz CT molecular complexity index is 1340. The predicted octanol–water partition coefficient (Wildman–Crippen LogP) is 8.65. The van der Waals surface area contributed by atoms with Gasteiger partial charge in [0.1, 0.15) is 11.2 Å². The molecule has 1 fully saturated rings. The number of halogens is 3. The molecule has 2 amide bonds. The monoisotopic (exact) mass is 651 g/mol. The van der Waals surface area contributed by atoms with Crippen molar-refractivity contribution in [3.63, 3.8) is 0 Å². The van der Waals surface area contributed by atoms with Crippen LogP contribution in [0.4, 0.5) is 22.8 Å². The van der Waals surface area contributed by atoms with Gasteiger partial charge < -0.3 is 18.9 Å². The zero-order chi connectivity index (χ0) is 34.1. The Morgan fingerprint density at radius 1 is 0.957 bits per heavy atom. The maximum atomic E-state index is 14.0. The number of likely N-dealkylation sites (tertiary alicyclic amines) is 1. The number of carbonyl (C=O) groups is 2. The van der Waals surface area contributed by atoms with E-state index in [1.165, 1.54) is 31.7 Å². The van der Waals surface area contributed by atoms with Crippen molar-refractivity contribution in [1.29, 1.82) is 0 Å². The zero-order valence-corrected chi connectivity index (χ0v) is 28.1. The highest BCUT2D eigenvalue weighted by Gasteiger charge is 2.37. The smallest absolute Gasteiger partial charge is 0.437 e. The number of hydrogen-bond acceptors (Lipinski definition) is 7. The second-order valence-corrected chi connectivity index (χ2v) is 13.7. The second kappa shape index (κ2) is 15.8. The molecule has 46 heavy (non-hydrogen) atoms. The maximum Gasteiger partial charge on any atom is 0.437 e. The number of aliphatic imine (C=N–C) groups is 1. The van der Waals surface area contributed by atoms with Crippen LogP contribution in [0.2, 0.25) is 0 Å². The van der Waals surface area contributed by atoms with Crippen LogP contribution in [0.1, 0.15) is 123 Å². The van der Waals surface area contributed by atoms with E-state index in [1.54, 1.807) is 52.5 Å².